The Labute approximate surface area is 174 Å². The fourth-order valence-electron chi connectivity index (χ4n) is 3.17. The number of rotatable bonds is 4. The summed E-state index contributed by atoms with van der Waals surface area (Å²) in [5.74, 6) is -0.484. The number of halogens is 2. The van der Waals surface area contributed by atoms with Gasteiger partial charge in [0.25, 0.3) is 10.2 Å². The van der Waals surface area contributed by atoms with Gasteiger partial charge in [-0.3, -0.25) is 9.48 Å². The molecule has 1 aromatic carbocycles. The van der Waals surface area contributed by atoms with Crippen LogP contribution >= 0.6 is 23.2 Å². The van der Waals surface area contributed by atoms with Gasteiger partial charge < -0.3 is 5.32 Å². The molecule has 2 atom stereocenters. The van der Waals surface area contributed by atoms with E-state index in [9.17, 15) is 13.2 Å². The number of anilines is 1. The van der Waals surface area contributed by atoms with Crippen molar-refractivity contribution in [1.29, 1.82) is 0 Å². The van der Waals surface area contributed by atoms with Gasteiger partial charge >= 0.3 is 0 Å². The zero-order valence-corrected chi connectivity index (χ0v) is 17.9. The molecule has 0 spiro atoms. The van der Waals surface area contributed by atoms with E-state index < -0.39 is 28.2 Å². The molecule has 0 radical (unpaired) electrons. The molecule has 1 aromatic heterocycles. The number of amides is 1. The summed E-state index contributed by atoms with van der Waals surface area (Å²) in [7, 11) is -2.49. The first-order valence-corrected chi connectivity index (χ1v) is 10.9. The molecule has 2 heterocycles. The van der Waals surface area contributed by atoms with Crippen molar-refractivity contribution in [2.75, 3.05) is 12.4 Å². The number of aromatic nitrogens is 2. The fraction of sp³-hybridized carbons (Fsp3) is 0.412. The molecule has 152 valence electrons. The third-order valence-electron chi connectivity index (χ3n) is 4.76. The first-order chi connectivity index (χ1) is 13.1. The highest BCUT2D eigenvalue weighted by Crippen LogP contribution is 2.32. The van der Waals surface area contributed by atoms with E-state index in [1.807, 2.05) is 13.8 Å². The number of hydrogen-bond donors (Lipinski definition) is 2. The van der Waals surface area contributed by atoms with Gasteiger partial charge in [0.2, 0.25) is 5.91 Å². The van der Waals surface area contributed by atoms with Crippen LogP contribution in [0.2, 0.25) is 10.0 Å². The lowest BCUT2D eigenvalue weighted by molar-refractivity contribution is -0.120. The highest BCUT2D eigenvalue weighted by Gasteiger charge is 2.41. The Balaban J connectivity index is 1.89. The molecule has 2 aromatic rings. The van der Waals surface area contributed by atoms with Crippen LogP contribution in [0, 0.1) is 6.92 Å². The molecule has 0 bridgehead atoms. The Kier molecular flexibility index (Phi) is 6.02. The van der Waals surface area contributed by atoms with E-state index in [4.69, 9.17) is 23.2 Å². The van der Waals surface area contributed by atoms with Gasteiger partial charge in [-0.15, -0.1) is 0 Å². The summed E-state index contributed by atoms with van der Waals surface area (Å²) in [6.07, 6.45) is 2.05. The van der Waals surface area contributed by atoms with Crippen LogP contribution in [0.1, 0.15) is 30.6 Å². The smallest absolute Gasteiger partial charge is 0.280 e. The molecular weight excluding hydrogens is 425 g/mol. The maximum absolute atomic E-state index is 12.9. The number of likely N-dealkylation sites (N-methyl/N-ethyl adjacent to an activating group) is 1. The lowest BCUT2D eigenvalue weighted by Crippen LogP contribution is -2.56. The predicted octanol–water partition coefficient (Wildman–Crippen LogP) is 2.74. The Bertz CT molecular complexity index is 1010. The topological polar surface area (TPSA) is 96.3 Å². The number of nitrogens with one attached hydrogen (secondary N) is 2. The zero-order valence-electron chi connectivity index (χ0n) is 15.6. The van der Waals surface area contributed by atoms with Crippen LogP contribution in [0.4, 0.5) is 5.69 Å². The number of aryl methyl sites for hydroxylation is 2. The molecule has 2 N–H and O–H groups in total. The Morgan fingerprint density at radius 2 is 2.11 bits per heavy atom. The Morgan fingerprint density at radius 3 is 2.75 bits per heavy atom. The van der Waals surface area contributed by atoms with Gasteiger partial charge in [0, 0.05) is 25.4 Å². The third-order valence-corrected chi connectivity index (χ3v) is 7.18. The van der Waals surface area contributed by atoms with E-state index >= 15 is 0 Å². The molecule has 3 rings (SSSR count). The van der Waals surface area contributed by atoms with Gasteiger partial charge in [0.05, 0.1) is 27.5 Å². The lowest BCUT2D eigenvalue weighted by atomic mass is 10.00. The quantitative estimate of drug-likeness (QED) is 0.755. The van der Waals surface area contributed by atoms with E-state index in [1.54, 1.807) is 29.1 Å². The molecule has 1 fully saturated rings. The van der Waals surface area contributed by atoms with Crippen molar-refractivity contribution >= 4 is 45.0 Å². The largest absolute Gasteiger partial charge is 0.323 e. The van der Waals surface area contributed by atoms with E-state index in [0.717, 1.165) is 15.6 Å². The average molecular weight is 446 g/mol. The van der Waals surface area contributed by atoms with E-state index in [2.05, 4.69) is 15.1 Å². The van der Waals surface area contributed by atoms with Gasteiger partial charge in [0.1, 0.15) is 6.04 Å². The number of benzene rings is 1. The van der Waals surface area contributed by atoms with Crippen molar-refractivity contribution in [1.82, 2.24) is 18.8 Å². The second kappa shape index (κ2) is 8.00. The summed E-state index contributed by atoms with van der Waals surface area (Å²) >= 11 is 12.1. The van der Waals surface area contributed by atoms with Crippen molar-refractivity contribution in [3.05, 3.63) is 45.7 Å². The van der Waals surface area contributed by atoms with Crippen LogP contribution in [-0.2, 0) is 21.5 Å². The second-order valence-electron chi connectivity index (χ2n) is 6.56. The fourth-order valence-corrected chi connectivity index (χ4v) is 4.78. The highest BCUT2D eigenvalue weighted by molar-refractivity contribution is 7.87. The zero-order chi connectivity index (χ0) is 20.6. The second-order valence-corrected chi connectivity index (χ2v) is 9.11. The minimum Gasteiger partial charge on any atom is -0.323 e. The van der Waals surface area contributed by atoms with Crippen LogP contribution in [0.25, 0.3) is 0 Å². The maximum Gasteiger partial charge on any atom is 0.280 e. The molecule has 1 aliphatic heterocycles. The van der Waals surface area contributed by atoms with Crippen molar-refractivity contribution < 1.29 is 13.2 Å². The Hall–Kier alpha value is -1.65. The van der Waals surface area contributed by atoms with Gasteiger partial charge in [-0.25, -0.2) is 0 Å². The normalized spacial score (nSPS) is 22.2. The van der Waals surface area contributed by atoms with Crippen LogP contribution in [0.5, 0.6) is 0 Å². The molecule has 0 aliphatic carbocycles. The summed E-state index contributed by atoms with van der Waals surface area (Å²) in [4.78, 5) is 12.9. The van der Waals surface area contributed by atoms with Gasteiger partial charge in [-0.05, 0) is 32.4 Å². The van der Waals surface area contributed by atoms with E-state index in [0.29, 0.717) is 17.3 Å². The SMILES string of the molecule is CCn1cc(C2CC(C(=O)Nc3cccc(Cl)c3Cl)N(C)S(=O)(=O)N2)c(C)n1. The minimum absolute atomic E-state index is 0.202. The number of nitrogens with zero attached hydrogens (tertiary/aromatic N) is 3. The monoisotopic (exact) mass is 445 g/mol. The lowest BCUT2D eigenvalue weighted by Gasteiger charge is -2.36. The molecule has 2 unspecified atom stereocenters. The summed E-state index contributed by atoms with van der Waals surface area (Å²) in [6, 6.07) is 3.38. The summed E-state index contributed by atoms with van der Waals surface area (Å²) in [5.41, 5.74) is 1.79. The molecule has 11 heteroatoms. The van der Waals surface area contributed by atoms with Crippen LogP contribution in [-0.4, -0.2) is 41.5 Å². The molecule has 1 aliphatic rings. The number of carbonyl (C=O) groups excluding carboxylic acids is 1. The predicted molar refractivity (Wildman–Crippen MR) is 109 cm³/mol. The minimum atomic E-state index is -3.85. The first kappa shape index (κ1) is 21.1. The Morgan fingerprint density at radius 1 is 1.39 bits per heavy atom. The molecule has 1 saturated heterocycles. The number of carbonyl (C=O) groups is 1. The molecule has 8 nitrogen and oxygen atoms in total. The maximum atomic E-state index is 12.9. The van der Waals surface area contributed by atoms with Crippen molar-refractivity contribution in [2.24, 2.45) is 0 Å². The average Bonchev–Trinajstić information content (AvgIpc) is 3.02. The van der Waals surface area contributed by atoms with Crippen LogP contribution < -0.4 is 10.0 Å². The van der Waals surface area contributed by atoms with Crippen LogP contribution in [0.3, 0.4) is 0 Å². The van der Waals surface area contributed by atoms with Crippen molar-refractivity contribution in [3.8, 4) is 0 Å². The molecule has 0 saturated carbocycles. The van der Waals surface area contributed by atoms with Crippen LogP contribution in [0.15, 0.2) is 24.4 Å². The van der Waals surface area contributed by atoms with Crippen molar-refractivity contribution in [3.63, 3.8) is 0 Å². The van der Waals surface area contributed by atoms with E-state index in [-0.39, 0.29) is 11.4 Å². The summed E-state index contributed by atoms with van der Waals surface area (Å²) in [5, 5.41) is 7.55. The summed E-state index contributed by atoms with van der Waals surface area (Å²) < 4.78 is 30.6. The summed E-state index contributed by atoms with van der Waals surface area (Å²) in [6.45, 7) is 4.42. The van der Waals surface area contributed by atoms with Crippen molar-refractivity contribution in [2.45, 2.75) is 38.9 Å². The van der Waals surface area contributed by atoms with Gasteiger partial charge in [-0.1, -0.05) is 29.3 Å². The standard InChI is InChI=1S/C17H21Cl2N5O3S/c1-4-24-9-11(10(2)21-24)14-8-15(23(3)28(26,27)22-14)17(25)20-13-7-5-6-12(18)16(13)19/h5-7,9,14-15,22H,4,8H2,1-3H3,(H,20,25). The molecular formula is C17H21Cl2N5O3S. The number of hydrogen-bond acceptors (Lipinski definition) is 4. The van der Waals surface area contributed by atoms with Gasteiger partial charge in [-0.2, -0.15) is 22.5 Å². The molecule has 1 amide bonds. The van der Waals surface area contributed by atoms with E-state index in [1.165, 1.54) is 7.05 Å². The third kappa shape index (κ3) is 4.04. The highest BCUT2D eigenvalue weighted by atomic mass is 35.5. The first-order valence-electron chi connectivity index (χ1n) is 8.68. The van der Waals surface area contributed by atoms with Gasteiger partial charge in [0.15, 0.2) is 0 Å². The molecule has 28 heavy (non-hydrogen) atoms.